The van der Waals surface area contributed by atoms with E-state index in [2.05, 4.69) is 4.98 Å². The number of aromatic carboxylic acids is 1. The molecule has 0 N–H and O–H groups in total. The first-order valence-electron chi connectivity index (χ1n) is 6.02. The lowest BCUT2D eigenvalue weighted by atomic mass is 10.2. The number of para-hydroxylation sites is 2. The molecule has 5 heteroatoms. The number of carbonyl (C=O) groups excluding carboxylic acids is 1. The number of carboxylic acid groups (broad SMARTS) is 1. The van der Waals surface area contributed by atoms with Gasteiger partial charge in [-0.2, -0.15) is 0 Å². The second-order valence-corrected chi connectivity index (χ2v) is 4.28. The van der Waals surface area contributed by atoms with Crippen LogP contribution in [0.3, 0.4) is 0 Å². The van der Waals surface area contributed by atoms with E-state index in [1.54, 1.807) is 19.5 Å². The number of hydrogen-bond donors (Lipinski definition) is 0. The van der Waals surface area contributed by atoms with Crippen LogP contribution in [-0.4, -0.2) is 22.6 Å². The van der Waals surface area contributed by atoms with Gasteiger partial charge in [-0.1, -0.05) is 18.2 Å². The molecule has 0 bridgehead atoms. The summed E-state index contributed by atoms with van der Waals surface area (Å²) >= 11 is 0. The van der Waals surface area contributed by atoms with E-state index >= 15 is 0 Å². The Bertz CT molecular complexity index is 793. The number of carboxylic acids is 1. The van der Waals surface area contributed by atoms with E-state index in [-0.39, 0.29) is 5.56 Å². The van der Waals surface area contributed by atoms with Crippen LogP contribution in [0.15, 0.2) is 48.8 Å². The van der Waals surface area contributed by atoms with Crippen molar-refractivity contribution in [2.75, 3.05) is 7.11 Å². The zero-order valence-corrected chi connectivity index (χ0v) is 10.7. The fraction of sp³-hybridized carbons (Fsp3) is 0.0667. The molecule has 3 rings (SSSR count). The lowest BCUT2D eigenvalue weighted by Crippen LogP contribution is -2.21. The molecule has 1 heterocycles. The van der Waals surface area contributed by atoms with E-state index in [1.807, 2.05) is 28.8 Å². The molecule has 0 atom stereocenters. The number of imidazole rings is 1. The summed E-state index contributed by atoms with van der Waals surface area (Å²) in [5.41, 5.74) is 2.36. The first-order valence-corrected chi connectivity index (χ1v) is 6.02. The molecule has 0 fully saturated rings. The minimum atomic E-state index is -1.21. The highest BCUT2D eigenvalue weighted by atomic mass is 16.5. The fourth-order valence-corrected chi connectivity index (χ4v) is 2.16. The molecule has 5 nitrogen and oxygen atoms in total. The van der Waals surface area contributed by atoms with Gasteiger partial charge in [-0.15, -0.1) is 0 Å². The third-order valence-corrected chi connectivity index (χ3v) is 3.13. The first kappa shape index (κ1) is 12.2. The number of ether oxygens (including phenoxy) is 1. The Morgan fingerprint density at radius 3 is 2.80 bits per heavy atom. The molecule has 0 saturated heterocycles. The number of benzene rings is 2. The average molecular weight is 267 g/mol. The van der Waals surface area contributed by atoms with Crippen molar-refractivity contribution in [3.8, 4) is 11.4 Å². The van der Waals surface area contributed by atoms with Gasteiger partial charge < -0.3 is 14.6 Å². The summed E-state index contributed by atoms with van der Waals surface area (Å²) in [6.45, 7) is 0. The molecule has 0 aliphatic rings. The molecule has 0 spiro atoms. The molecule has 0 amide bonds. The van der Waals surface area contributed by atoms with Crippen molar-refractivity contribution in [1.82, 2.24) is 9.55 Å². The second kappa shape index (κ2) is 4.70. The second-order valence-electron chi connectivity index (χ2n) is 4.28. The Kier molecular flexibility index (Phi) is 2.87. The van der Waals surface area contributed by atoms with Crippen molar-refractivity contribution >= 4 is 17.0 Å². The van der Waals surface area contributed by atoms with Crippen LogP contribution in [0.1, 0.15) is 10.4 Å². The summed E-state index contributed by atoms with van der Waals surface area (Å²) in [5, 5.41) is 10.9. The number of fused-ring (bicyclic) bond motifs is 1. The van der Waals surface area contributed by atoms with Crippen molar-refractivity contribution in [3.63, 3.8) is 0 Å². The van der Waals surface area contributed by atoms with Gasteiger partial charge in [0.2, 0.25) is 0 Å². The van der Waals surface area contributed by atoms with Crippen molar-refractivity contribution in [1.29, 1.82) is 0 Å². The maximum absolute atomic E-state index is 10.9. The SMILES string of the molecule is COc1ccccc1-n1cnc2cc(C(=O)[O-])ccc21. The van der Waals surface area contributed by atoms with Gasteiger partial charge in [-0.3, -0.25) is 4.57 Å². The van der Waals surface area contributed by atoms with Crippen molar-refractivity contribution in [2.24, 2.45) is 0 Å². The topological polar surface area (TPSA) is 67.2 Å². The molecule has 0 radical (unpaired) electrons. The molecule has 0 aliphatic carbocycles. The molecular weight excluding hydrogens is 256 g/mol. The fourth-order valence-electron chi connectivity index (χ4n) is 2.16. The number of carbonyl (C=O) groups is 1. The molecule has 0 unspecified atom stereocenters. The molecule has 0 saturated carbocycles. The van der Waals surface area contributed by atoms with Gasteiger partial charge in [0.25, 0.3) is 0 Å². The number of hydrogen-bond acceptors (Lipinski definition) is 4. The Labute approximate surface area is 115 Å². The van der Waals surface area contributed by atoms with Crippen molar-refractivity contribution in [2.45, 2.75) is 0 Å². The van der Waals surface area contributed by atoms with E-state index in [4.69, 9.17) is 4.74 Å². The Morgan fingerprint density at radius 2 is 2.05 bits per heavy atom. The normalized spacial score (nSPS) is 10.7. The number of aromatic nitrogens is 2. The van der Waals surface area contributed by atoms with Crippen LogP contribution < -0.4 is 9.84 Å². The highest BCUT2D eigenvalue weighted by molar-refractivity contribution is 5.91. The molecule has 100 valence electrons. The van der Waals surface area contributed by atoms with Gasteiger partial charge >= 0.3 is 0 Å². The third kappa shape index (κ3) is 1.89. The number of methoxy groups -OCH3 is 1. The largest absolute Gasteiger partial charge is 0.545 e. The smallest absolute Gasteiger partial charge is 0.142 e. The standard InChI is InChI=1S/C15H12N2O3/c1-20-14-5-3-2-4-13(14)17-9-16-11-8-10(15(18)19)6-7-12(11)17/h2-9H,1H3,(H,18,19)/p-1. The lowest BCUT2D eigenvalue weighted by molar-refractivity contribution is -0.255. The summed E-state index contributed by atoms with van der Waals surface area (Å²) in [6.07, 6.45) is 1.64. The summed E-state index contributed by atoms with van der Waals surface area (Å²) in [5.74, 6) is -0.491. The number of nitrogens with zero attached hydrogens (tertiary/aromatic N) is 2. The third-order valence-electron chi connectivity index (χ3n) is 3.13. The van der Waals surface area contributed by atoms with Crippen LogP contribution in [0.2, 0.25) is 0 Å². The molecule has 2 aromatic carbocycles. The van der Waals surface area contributed by atoms with E-state index in [0.29, 0.717) is 5.52 Å². The van der Waals surface area contributed by atoms with Crippen LogP contribution in [0, 0.1) is 0 Å². The summed E-state index contributed by atoms with van der Waals surface area (Å²) < 4.78 is 7.18. The van der Waals surface area contributed by atoms with E-state index < -0.39 is 5.97 Å². The molecule has 0 aliphatic heterocycles. The van der Waals surface area contributed by atoms with Gasteiger partial charge in [-0.05, 0) is 29.8 Å². The van der Waals surface area contributed by atoms with E-state index in [1.165, 1.54) is 12.1 Å². The van der Waals surface area contributed by atoms with Crippen LogP contribution in [0.5, 0.6) is 5.75 Å². The van der Waals surface area contributed by atoms with E-state index in [9.17, 15) is 9.90 Å². The Balaban J connectivity index is 2.20. The highest BCUT2D eigenvalue weighted by Crippen LogP contribution is 2.26. The summed E-state index contributed by atoms with van der Waals surface area (Å²) in [4.78, 5) is 15.1. The van der Waals surface area contributed by atoms with Gasteiger partial charge in [0.05, 0.1) is 29.8 Å². The van der Waals surface area contributed by atoms with Gasteiger partial charge in [-0.25, -0.2) is 4.98 Å². The minimum Gasteiger partial charge on any atom is -0.545 e. The molecular formula is C15H11N2O3-. The lowest BCUT2D eigenvalue weighted by Gasteiger charge is -2.10. The average Bonchev–Trinajstić information content (AvgIpc) is 2.89. The predicted molar refractivity (Wildman–Crippen MR) is 72.0 cm³/mol. The van der Waals surface area contributed by atoms with Crippen molar-refractivity contribution in [3.05, 3.63) is 54.4 Å². The highest BCUT2D eigenvalue weighted by Gasteiger charge is 2.09. The molecule has 3 aromatic rings. The number of rotatable bonds is 3. The Hall–Kier alpha value is -2.82. The first-order chi connectivity index (χ1) is 9.70. The van der Waals surface area contributed by atoms with Crippen LogP contribution in [0.4, 0.5) is 0 Å². The van der Waals surface area contributed by atoms with Crippen LogP contribution in [0.25, 0.3) is 16.7 Å². The molecule has 20 heavy (non-hydrogen) atoms. The molecule has 1 aromatic heterocycles. The quantitative estimate of drug-likeness (QED) is 0.719. The van der Waals surface area contributed by atoms with Gasteiger partial charge in [0, 0.05) is 0 Å². The predicted octanol–water partition coefficient (Wildman–Crippen LogP) is 1.40. The summed E-state index contributed by atoms with van der Waals surface area (Å²) in [6, 6.07) is 12.3. The zero-order chi connectivity index (χ0) is 14.1. The Morgan fingerprint density at radius 1 is 1.25 bits per heavy atom. The monoisotopic (exact) mass is 267 g/mol. The maximum atomic E-state index is 10.9. The van der Waals surface area contributed by atoms with Crippen LogP contribution in [-0.2, 0) is 0 Å². The van der Waals surface area contributed by atoms with Crippen LogP contribution >= 0.6 is 0 Å². The van der Waals surface area contributed by atoms with Crippen molar-refractivity contribution < 1.29 is 14.6 Å². The van der Waals surface area contributed by atoms with E-state index in [0.717, 1.165) is 17.0 Å². The minimum absolute atomic E-state index is 0.114. The van der Waals surface area contributed by atoms with Gasteiger partial charge in [0.15, 0.2) is 0 Å². The van der Waals surface area contributed by atoms with Gasteiger partial charge in [0.1, 0.15) is 12.1 Å². The zero-order valence-electron chi connectivity index (χ0n) is 10.7. The summed E-state index contributed by atoms with van der Waals surface area (Å²) in [7, 11) is 1.60. The maximum Gasteiger partial charge on any atom is 0.142 e.